The standard InChI is InChI=1S/C18H17ClN2O3/c1-18(16(22)20-10-9-12-5-3-2-4-6-12)17(23)21-14-11-13(19)7-8-15(14)24-18/h2-8,11H,9-10H2,1H3,(H,20,22)(H,21,23)/t18-/m0/s1. The van der Waals surface area contributed by atoms with E-state index >= 15 is 0 Å². The van der Waals surface area contributed by atoms with Crippen LogP contribution in [0.1, 0.15) is 12.5 Å². The fourth-order valence-electron chi connectivity index (χ4n) is 2.48. The van der Waals surface area contributed by atoms with Crippen molar-refractivity contribution >= 4 is 29.1 Å². The molecular formula is C18H17ClN2O3. The molecule has 0 spiro atoms. The van der Waals surface area contributed by atoms with Crippen LogP contribution in [0.25, 0.3) is 0 Å². The molecule has 2 N–H and O–H groups in total. The zero-order valence-corrected chi connectivity index (χ0v) is 13.9. The van der Waals surface area contributed by atoms with E-state index in [1.165, 1.54) is 6.92 Å². The number of nitrogens with one attached hydrogen (secondary N) is 2. The van der Waals surface area contributed by atoms with E-state index in [1.807, 2.05) is 30.3 Å². The van der Waals surface area contributed by atoms with E-state index in [2.05, 4.69) is 10.6 Å². The second-order valence-electron chi connectivity index (χ2n) is 5.72. The Kier molecular flexibility index (Phi) is 4.44. The number of carbonyl (C=O) groups is 2. The van der Waals surface area contributed by atoms with Gasteiger partial charge in [-0.3, -0.25) is 9.59 Å². The molecule has 24 heavy (non-hydrogen) atoms. The van der Waals surface area contributed by atoms with Crippen molar-refractivity contribution in [2.75, 3.05) is 11.9 Å². The smallest absolute Gasteiger partial charge is 0.278 e. The molecule has 0 aromatic heterocycles. The van der Waals surface area contributed by atoms with Crippen LogP contribution in [0, 0.1) is 0 Å². The summed E-state index contributed by atoms with van der Waals surface area (Å²) >= 11 is 5.90. The van der Waals surface area contributed by atoms with Gasteiger partial charge in [0.05, 0.1) is 5.69 Å². The van der Waals surface area contributed by atoms with Gasteiger partial charge in [-0.15, -0.1) is 0 Å². The summed E-state index contributed by atoms with van der Waals surface area (Å²) in [6.07, 6.45) is 0.677. The van der Waals surface area contributed by atoms with Crippen LogP contribution in [0.15, 0.2) is 48.5 Å². The molecular weight excluding hydrogens is 328 g/mol. The minimum absolute atomic E-state index is 0.416. The summed E-state index contributed by atoms with van der Waals surface area (Å²) in [5, 5.41) is 5.91. The number of anilines is 1. The summed E-state index contributed by atoms with van der Waals surface area (Å²) in [6.45, 7) is 1.88. The number of amides is 2. The molecule has 0 fully saturated rings. The average molecular weight is 345 g/mol. The van der Waals surface area contributed by atoms with Crippen LogP contribution in [0.2, 0.25) is 5.02 Å². The van der Waals surface area contributed by atoms with Gasteiger partial charge in [-0.05, 0) is 37.1 Å². The predicted molar refractivity (Wildman–Crippen MR) is 92.3 cm³/mol. The Bertz CT molecular complexity index is 779. The maximum atomic E-state index is 12.5. The van der Waals surface area contributed by atoms with Crippen molar-refractivity contribution in [3.63, 3.8) is 0 Å². The Morgan fingerprint density at radius 3 is 2.75 bits per heavy atom. The number of benzene rings is 2. The highest BCUT2D eigenvalue weighted by molar-refractivity contribution is 6.31. The predicted octanol–water partition coefficient (Wildman–Crippen LogP) is 2.79. The molecule has 2 aromatic carbocycles. The van der Waals surface area contributed by atoms with Crippen molar-refractivity contribution in [3.05, 3.63) is 59.1 Å². The van der Waals surface area contributed by atoms with Crippen LogP contribution in [0.5, 0.6) is 5.75 Å². The second kappa shape index (κ2) is 6.53. The summed E-state index contributed by atoms with van der Waals surface area (Å²) < 4.78 is 5.67. The number of hydrogen-bond acceptors (Lipinski definition) is 3. The average Bonchev–Trinajstić information content (AvgIpc) is 2.57. The number of hydrogen-bond donors (Lipinski definition) is 2. The number of rotatable bonds is 4. The molecule has 0 unspecified atom stereocenters. The molecule has 0 aliphatic carbocycles. The van der Waals surface area contributed by atoms with E-state index in [4.69, 9.17) is 16.3 Å². The third kappa shape index (κ3) is 3.21. The van der Waals surface area contributed by atoms with Gasteiger partial charge in [0.15, 0.2) is 0 Å². The van der Waals surface area contributed by atoms with Crippen LogP contribution in [0.3, 0.4) is 0 Å². The minimum atomic E-state index is -1.61. The lowest BCUT2D eigenvalue weighted by molar-refractivity contribution is -0.146. The van der Waals surface area contributed by atoms with E-state index in [0.717, 1.165) is 5.56 Å². The van der Waals surface area contributed by atoms with Gasteiger partial charge in [0.25, 0.3) is 17.4 Å². The molecule has 0 radical (unpaired) electrons. The summed E-state index contributed by atoms with van der Waals surface area (Å²) in [5.74, 6) is -0.578. The third-order valence-electron chi connectivity index (χ3n) is 3.91. The van der Waals surface area contributed by atoms with Crippen molar-refractivity contribution in [2.24, 2.45) is 0 Å². The molecule has 3 rings (SSSR count). The zero-order valence-electron chi connectivity index (χ0n) is 13.1. The lowest BCUT2D eigenvalue weighted by Crippen LogP contribution is -2.58. The van der Waals surface area contributed by atoms with Crippen LogP contribution in [-0.2, 0) is 16.0 Å². The molecule has 124 valence electrons. The molecule has 6 heteroatoms. The fraction of sp³-hybridized carbons (Fsp3) is 0.222. The third-order valence-corrected chi connectivity index (χ3v) is 4.15. The van der Waals surface area contributed by atoms with Crippen molar-refractivity contribution in [1.29, 1.82) is 0 Å². The van der Waals surface area contributed by atoms with E-state index in [-0.39, 0.29) is 0 Å². The molecule has 5 nitrogen and oxygen atoms in total. The van der Waals surface area contributed by atoms with Gasteiger partial charge in [0.1, 0.15) is 5.75 Å². The Labute approximate surface area is 145 Å². The molecule has 1 heterocycles. The maximum Gasteiger partial charge on any atom is 0.278 e. The first-order chi connectivity index (χ1) is 11.5. The molecule has 1 atom stereocenters. The molecule has 0 saturated carbocycles. The van der Waals surface area contributed by atoms with Gasteiger partial charge >= 0.3 is 0 Å². The van der Waals surface area contributed by atoms with E-state index in [1.54, 1.807) is 18.2 Å². The maximum absolute atomic E-state index is 12.5. The first kappa shape index (κ1) is 16.3. The topological polar surface area (TPSA) is 67.4 Å². The summed E-state index contributed by atoms with van der Waals surface area (Å²) in [5.41, 5.74) is -0.0450. The van der Waals surface area contributed by atoms with E-state index in [9.17, 15) is 9.59 Å². The first-order valence-corrected chi connectivity index (χ1v) is 7.99. The molecule has 2 aromatic rings. The van der Waals surface area contributed by atoms with Gasteiger partial charge in [0.2, 0.25) is 0 Å². The Hall–Kier alpha value is -2.53. The Morgan fingerprint density at radius 1 is 1.25 bits per heavy atom. The van der Waals surface area contributed by atoms with Crippen LogP contribution in [0.4, 0.5) is 5.69 Å². The monoisotopic (exact) mass is 344 g/mol. The minimum Gasteiger partial charge on any atom is -0.466 e. The van der Waals surface area contributed by atoms with Gasteiger partial charge in [-0.25, -0.2) is 0 Å². The lowest BCUT2D eigenvalue weighted by Gasteiger charge is -2.33. The van der Waals surface area contributed by atoms with Gasteiger partial charge in [-0.2, -0.15) is 0 Å². The molecule has 0 bridgehead atoms. The molecule has 1 aliphatic rings. The zero-order chi connectivity index (χ0) is 17.2. The molecule has 1 aliphatic heterocycles. The van der Waals surface area contributed by atoms with Crippen LogP contribution in [-0.4, -0.2) is 24.0 Å². The highest BCUT2D eigenvalue weighted by atomic mass is 35.5. The quantitative estimate of drug-likeness (QED) is 0.838. The van der Waals surface area contributed by atoms with Crippen molar-refractivity contribution < 1.29 is 14.3 Å². The number of ether oxygens (including phenoxy) is 1. The summed E-state index contributed by atoms with van der Waals surface area (Å²) in [4.78, 5) is 24.8. The van der Waals surface area contributed by atoms with Gasteiger partial charge in [0, 0.05) is 11.6 Å². The van der Waals surface area contributed by atoms with Crippen molar-refractivity contribution in [2.45, 2.75) is 18.9 Å². The lowest BCUT2D eigenvalue weighted by atomic mass is 10.0. The number of halogens is 1. The number of carbonyl (C=O) groups excluding carboxylic acids is 2. The van der Waals surface area contributed by atoms with Crippen molar-refractivity contribution in [1.82, 2.24) is 5.32 Å². The second-order valence-corrected chi connectivity index (χ2v) is 6.16. The van der Waals surface area contributed by atoms with Crippen LogP contribution < -0.4 is 15.4 Å². The summed E-state index contributed by atoms with van der Waals surface area (Å²) in [7, 11) is 0. The fourth-order valence-corrected chi connectivity index (χ4v) is 2.65. The van der Waals surface area contributed by atoms with E-state index < -0.39 is 17.4 Å². The van der Waals surface area contributed by atoms with Crippen molar-refractivity contribution in [3.8, 4) is 5.75 Å². The first-order valence-electron chi connectivity index (χ1n) is 7.61. The van der Waals surface area contributed by atoms with Crippen LogP contribution >= 0.6 is 11.6 Å². The molecule has 2 amide bonds. The normalized spacial score (nSPS) is 19.0. The number of fused-ring (bicyclic) bond motifs is 1. The Morgan fingerprint density at radius 2 is 2.00 bits per heavy atom. The largest absolute Gasteiger partial charge is 0.466 e. The van der Waals surface area contributed by atoms with E-state index in [0.29, 0.717) is 29.4 Å². The Balaban J connectivity index is 1.67. The highest BCUT2D eigenvalue weighted by Crippen LogP contribution is 2.35. The highest BCUT2D eigenvalue weighted by Gasteiger charge is 2.47. The summed E-state index contributed by atoms with van der Waals surface area (Å²) in [6, 6.07) is 14.7. The molecule has 0 saturated heterocycles. The van der Waals surface area contributed by atoms with Gasteiger partial charge < -0.3 is 15.4 Å². The van der Waals surface area contributed by atoms with Gasteiger partial charge in [-0.1, -0.05) is 41.9 Å². The SMILES string of the molecule is C[C@@]1(C(=O)NCCc2ccccc2)Oc2ccc(Cl)cc2NC1=O.